The number of rotatable bonds is 7. The summed E-state index contributed by atoms with van der Waals surface area (Å²) in [6.45, 7) is 8.20. The van der Waals surface area contributed by atoms with Crippen molar-refractivity contribution in [1.82, 2.24) is 25.1 Å². The van der Waals surface area contributed by atoms with Gasteiger partial charge in [0.05, 0.1) is 23.1 Å². The van der Waals surface area contributed by atoms with Gasteiger partial charge in [0.2, 0.25) is 0 Å². The minimum Gasteiger partial charge on any atom is -0.343 e. The van der Waals surface area contributed by atoms with Crippen LogP contribution >= 0.6 is 11.6 Å². The molecule has 2 aliphatic rings. The number of aromatic nitrogens is 2. The zero-order valence-electron chi connectivity index (χ0n) is 21.0. The number of nitrogens with one attached hydrogen (secondary N) is 2. The van der Waals surface area contributed by atoms with Gasteiger partial charge in [0.25, 0.3) is 0 Å². The van der Waals surface area contributed by atoms with Crippen molar-refractivity contribution >= 4 is 22.6 Å². The van der Waals surface area contributed by atoms with Gasteiger partial charge in [-0.25, -0.2) is 4.98 Å². The van der Waals surface area contributed by atoms with Crippen LogP contribution in [0.3, 0.4) is 0 Å². The number of benzene rings is 2. The van der Waals surface area contributed by atoms with Crippen molar-refractivity contribution in [3.05, 3.63) is 64.9 Å². The summed E-state index contributed by atoms with van der Waals surface area (Å²) in [5.74, 6) is 1.43. The number of hydrogen-bond donors (Lipinski definition) is 2. The largest absolute Gasteiger partial charge is 0.343 e. The molecule has 2 aliphatic heterocycles. The predicted molar refractivity (Wildman–Crippen MR) is 143 cm³/mol. The topological polar surface area (TPSA) is 78.1 Å². The summed E-state index contributed by atoms with van der Waals surface area (Å²) in [4.78, 5) is 7.76. The Balaban J connectivity index is 1.51. The second-order valence-corrected chi connectivity index (χ2v) is 10.3. The first kappa shape index (κ1) is 25.2. The average Bonchev–Trinajstić information content (AvgIpc) is 3.45. The van der Waals surface area contributed by atoms with Crippen LogP contribution in [0.2, 0.25) is 5.02 Å². The molecule has 3 heterocycles. The van der Waals surface area contributed by atoms with Gasteiger partial charge in [0.1, 0.15) is 18.7 Å². The van der Waals surface area contributed by atoms with Crippen molar-refractivity contribution in [3.63, 3.8) is 0 Å². The Morgan fingerprint density at radius 1 is 1.17 bits per heavy atom. The van der Waals surface area contributed by atoms with Crippen LogP contribution in [0.15, 0.2) is 48.5 Å². The third-order valence-corrected chi connectivity index (χ3v) is 8.04. The van der Waals surface area contributed by atoms with Crippen molar-refractivity contribution in [1.29, 1.82) is 5.26 Å². The first-order valence-electron chi connectivity index (χ1n) is 13.0. The monoisotopic (exact) mass is 506 g/mol. The van der Waals surface area contributed by atoms with Gasteiger partial charge in [-0.15, -0.1) is 0 Å². The molecule has 0 spiro atoms. The van der Waals surface area contributed by atoms with Gasteiger partial charge < -0.3 is 15.4 Å². The molecular formula is C28H35ClN6O. The molecule has 2 aromatic carbocycles. The van der Waals surface area contributed by atoms with Crippen LogP contribution in [0, 0.1) is 11.3 Å². The van der Waals surface area contributed by atoms with E-state index in [0.29, 0.717) is 18.0 Å². The minimum atomic E-state index is -0.293. The first-order valence-corrected chi connectivity index (χ1v) is 13.4. The molecule has 5 atom stereocenters. The zero-order valence-corrected chi connectivity index (χ0v) is 21.8. The van der Waals surface area contributed by atoms with Crippen LogP contribution in [-0.2, 0) is 4.74 Å². The maximum atomic E-state index is 9.12. The van der Waals surface area contributed by atoms with E-state index < -0.39 is 0 Å². The third kappa shape index (κ3) is 5.02. The third-order valence-electron chi connectivity index (χ3n) is 7.79. The van der Waals surface area contributed by atoms with Crippen molar-refractivity contribution in [2.45, 2.75) is 57.0 Å². The zero-order chi connectivity index (χ0) is 25.1. The molecule has 0 amide bonds. The fourth-order valence-corrected chi connectivity index (χ4v) is 6.19. The summed E-state index contributed by atoms with van der Waals surface area (Å²) < 4.78 is 8.07. The maximum absolute atomic E-state index is 9.12. The number of ether oxygens (including phenoxy) is 1. The van der Waals surface area contributed by atoms with E-state index in [9.17, 15) is 0 Å². The Hall–Kier alpha value is -2.47. The van der Waals surface area contributed by atoms with Crippen LogP contribution in [0.5, 0.6) is 0 Å². The van der Waals surface area contributed by atoms with E-state index in [-0.39, 0.29) is 18.9 Å². The van der Waals surface area contributed by atoms with Crippen LogP contribution < -0.4 is 10.6 Å². The summed E-state index contributed by atoms with van der Waals surface area (Å²) in [7, 11) is 0. The molecule has 2 N–H and O–H groups in total. The highest BCUT2D eigenvalue weighted by Crippen LogP contribution is 2.36. The van der Waals surface area contributed by atoms with Crippen LogP contribution in [0.4, 0.5) is 0 Å². The second kappa shape index (κ2) is 11.3. The van der Waals surface area contributed by atoms with Gasteiger partial charge in [-0.3, -0.25) is 9.47 Å². The van der Waals surface area contributed by atoms with E-state index in [4.69, 9.17) is 26.6 Å². The van der Waals surface area contributed by atoms with Crippen LogP contribution in [-0.4, -0.2) is 59.3 Å². The molecule has 5 rings (SSSR count). The van der Waals surface area contributed by atoms with E-state index in [1.54, 1.807) is 0 Å². The van der Waals surface area contributed by atoms with Gasteiger partial charge in [0, 0.05) is 36.1 Å². The van der Waals surface area contributed by atoms with Crippen molar-refractivity contribution < 1.29 is 4.74 Å². The number of nitriles is 1. The highest BCUT2D eigenvalue weighted by molar-refractivity contribution is 6.30. The Kier molecular flexibility index (Phi) is 7.90. The number of fused-ring (bicyclic) bond motifs is 1. The predicted octanol–water partition coefficient (Wildman–Crippen LogP) is 4.62. The quantitative estimate of drug-likeness (QED) is 0.487. The van der Waals surface area contributed by atoms with Crippen molar-refractivity contribution in [2.24, 2.45) is 0 Å². The molecule has 190 valence electrons. The van der Waals surface area contributed by atoms with Gasteiger partial charge >= 0.3 is 0 Å². The standard InChI is InChI=1S/C28H35ClN6O/c1-19(27-23(12-15-32-27)21-8-10-22(29)11-9-21)34-16-5-14-31-18-26(34)28-33-24-6-3-4-7-25(24)35(28)20(2)36-17-13-30/h3-4,6-11,19-20,23,26-27,31-32H,5,12,14-18H2,1-2H3. The van der Waals surface area contributed by atoms with Crippen LogP contribution in [0.1, 0.15) is 56.3 Å². The molecule has 0 aliphatic carbocycles. The van der Waals surface area contributed by atoms with Gasteiger partial charge in [0.15, 0.2) is 0 Å². The molecule has 0 saturated carbocycles. The molecule has 2 fully saturated rings. The molecular weight excluding hydrogens is 472 g/mol. The summed E-state index contributed by atoms with van der Waals surface area (Å²) in [5, 5.41) is 17.4. The molecule has 1 aromatic heterocycles. The minimum absolute atomic E-state index is 0.0465. The molecule has 5 unspecified atom stereocenters. The average molecular weight is 507 g/mol. The molecule has 0 radical (unpaired) electrons. The lowest BCUT2D eigenvalue weighted by Gasteiger charge is -2.40. The summed E-state index contributed by atoms with van der Waals surface area (Å²) in [5.41, 5.74) is 3.33. The lowest BCUT2D eigenvalue weighted by atomic mass is 9.87. The normalized spacial score (nSPS) is 24.9. The number of para-hydroxylation sites is 2. The molecule has 2 saturated heterocycles. The highest BCUT2D eigenvalue weighted by atomic mass is 35.5. The Labute approximate surface area is 218 Å². The van der Waals surface area contributed by atoms with Gasteiger partial charge in [-0.05, 0) is 69.6 Å². The van der Waals surface area contributed by atoms with Crippen LogP contribution in [0.25, 0.3) is 11.0 Å². The van der Waals surface area contributed by atoms with Crippen molar-refractivity contribution in [3.8, 4) is 6.07 Å². The number of imidazole rings is 1. The fraction of sp³-hybridized carbons (Fsp3) is 0.500. The van der Waals surface area contributed by atoms with Gasteiger partial charge in [-0.2, -0.15) is 5.26 Å². The highest BCUT2D eigenvalue weighted by Gasteiger charge is 2.39. The number of nitrogens with zero attached hydrogens (tertiary/aromatic N) is 4. The lowest BCUT2D eigenvalue weighted by molar-refractivity contribution is 0.0317. The molecule has 36 heavy (non-hydrogen) atoms. The van der Waals surface area contributed by atoms with E-state index in [0.717, 1.165) is 60.9 Å². The SMILES string of the molecule is CC(C1NCCC1c1ccc(Cl)cc1)N1CCCNCC1c1nc2ccccc2n1C(C)OCC#N. The maximum Gasteiger partial charge on any atom is 0.136 e. The fourth-order valence-electron chi connectivity index (χ4n) is 6.06. The number of halogens is 1. The summed E-state index contributed by atoms with van der Waals surface area (Å²) in [6.07, 6.45) is 1.91. The summed E-state index contributed by atoms with van der Waals surface area (Å²) >= 11 is 6.18. The van der Waals surface area contributed by atoms with E-state index >= 15 is 0 Å². The first-order chi connectivity index (χ1) is 17.6. The molecule has 0 bridgehead atoms. The van der Waals surface area contributed by atoms with E-state index in [2.05, 4.69) is 57.4 Å². The second-order valence-electron chi connectivity index (χ2n) is 9.88. The molecule has 8 heteroatoms. The lowest BCUT2D eigenvalue weighted by Crippen LogP contribution is -2.50. The smallest absolute Gasteiger partial charge is 0.136 e. The Bertz CT molecular complexity index is 1200. The van der Waals surface area contributed by atoms with Gasteiger partial charge in [-0.1, -0.05) is 35.9 Å². The van der Waals surface area contributed by atoms with E-state index in [1.807, 2.05) is 31.2 Å². The Morgan fingerprint density at radius 2 is 1.97 bits per heavy atom. The van der Waals surface area contributed by atoms with E-state index in [1.165, 1.54) is 5.56 Å². The molecule has 7 nitrogen and oxygen atoms in total. The molecule has 3 aromatic rings. The summed E-state index contributed by atoms with van der Waals surface area (Å²) in [6, 6.07) is 19.4. The Morgan fingerprint density at radius 3 is 2.78 bits per heavy atom. The van der Waals surface area contributed by atoms with Crippen molar-refractivity contribution in [2.75, 3.05) is 32.8 Å². The number of hydrogen-bond acceptors (Lipinski definition) is 6.